The van der Waals surface area contributed by atoms with Crippen LogP contribution in [0.5, 0.6) is 0 Å². The van der Waals surface area contributed by atoms with E-state index in [-0.39, 0.29) is 0 Å². The molecule has 108 valence electrons. The summed E-state index contributed by atoms with van der Waals surface area (Å²) in [6.07, 6.45) is 5.02. The van der Waals surface area contributed by atoms with E-state index < -0.39 is 0 Å². The summed E-state index contributed by atoms with van der Waals surface area (Å²) >= 11 is 0. The van der Waals surface area contributed by atoms with Crippen LogP contribution in [0.4, 0.5) is 0 Å². The van der Waals surface area contributed by atoms with Crippen LogP contribution in [0.1, 0.15) is 49.9 Å². The molecule has 0 aliphatic heterocycles. The maximum Gasteiger partial charge on any atom is 0.153 e. The van der Waals surface area contributed by atoms with E-state index >= 15 is 0 Å². The first-order valence-electron chi connectivity index (χ1n) is 7.33. The number of nitrogens with one attached hydrogen (secondary N) is 1. The van der Waals surface area contributed by atoms with Gasteiger partial charge in [-0.2, -0.15) is 5.10 Å². The highest BCUT2D eigenvalue weighted by atomic mass is 15.3. The van der Waals surface area contributed by atoms with Crippen LogP contribution in [0.15, 0.2) is 24.5 Å². The number of rotatable bonds is 6. The lowest BCUT2D eigenvalue weighted by atomic mass is 10.1. The fourth-order valence-electron chi connectivity index (χ4n) is 2.06. The molecule has 2 heterocycles. The molecule has 20 heavy (non-hydrogen) atoms. The van der Waals surface area contributed by atoms with Crippen LogP contribution in [0.2, 0.25) is 0 Å². The Hall–Kier alpha value is -1.68. The third-order valence-electron chi connectivity index (χ3n) is 3.19. The van der Waals surface area contributed by atoms with Crippen molar-refractivity contribution in [3.63, 3.8) is 0 Å². The first-order chi connectivity index (χ1) is 9.60. The van der Waals surface area contributed by atoms with Gasteiger partial charge in [-0.1, -0.05) is 20.8 Å². The quantitative estimate of drug-likeness (QED) is 0.821. The minimum Gasteiger partial charge on any atom is -0.313 e. The van der Waals surface area contributed by atoms with Gasteiger partial charge in [0.1, 0.15) is 0 Å². The maximum absolute atomic E-state index is 4.72. The fraction of sp³-hybridized carbons (Fsp3) is 0.500. The number of pyridine rings is 1. The van der Waals surface area contributed by atoms with Gasteiger partial charge >= 0.3 is 0 Å². The van der Waals surface area contributed by atoms with Gasteiger partial charge in [0, 0.05) is 18.4 Å². The van der Waals surface area contributed by atoms with Gasteiger partial charge in [-0.05, 0) is 49.1 Å². The molecule has 0 spiro atoms. The van der Waals surface area contributed by atoms with E-state index in [1.54, 1.807) is 0 Å². The van der Waals surface area contributed by atoms with E-state index in [9.17, 15) is 0 Å². The fourth-order valence-corrected chi connectivity index (χ4v) is 2.06. The number of nitrogens with zero attached hydrogens (tertiary/aromatic N) is 3. The summed E-state index contributed by atoms with van der Waals surface area (Å²) in [7, 11) is 0. The lowest BCUT2D eigenvalue weighted by Gasteiger charge is -2.11. The van der Waals surface area contributed by atoms with Crippen molar-refractivity contribution in [2.45, 2.75) is 46.6 Å². The summed E-state index contributed by atoms with van der Waals surface area (Å²) in [4.78, 5) is 4.72. The first kappa shape index (κ1) is 14.7. The van der Waals surface area contributed by atoms with Crippen LogP contribution < -0.4 is 5.32 Å². The molecule has 0 unspecified atom stereocenters. The molecule has 0 radical (unpaired) electrons. The Morgan fingerprint density at radius 3 is 2.70 bits per heavy atom. The number of hydrogen-bond donors (Lipinski definition) is 1. The molecule has 0 saturated carbocycles. The smallest absolute Gasteiger partial charge is 0.153 e. The van der Waals surface area contributed by atoms with Crippen LogP contribution in [-0.2, 0) is 6.54 Å². The first-order valence-corrected chi connectivity index (χ1v) is 7.33. The van der Waals surface area contributed by atoms with Crippen LogP contribution in [-0.4, -0.2) is 21.3 Å². The highest BCUT2D eigenvalue weighted by molar-refractivity contribution is 5.32. The van der Waals surface area contributed by atoms with Crippen molar-refractivity contribution in [3.05, 3.63) is 41.3 Å². The van der Waals surface area contributed by atoms with Gasteiger partial charge in [0.15, 0.2) is 5.82 Å². The third kappa shape index (κ3) is 3.67. The summed E-state index contributed by atoms with van der Waals surface area (Å²) in [5, 5.41) is 7.80. The molecule has 0 saturated heterocycles. The van der Waals surface area contributed by atoms with Crippen LogP contribution in [0, 0.1) is 6.92 Å². The Kier molecular flexibility index (Phi) is 4.90. The molecule has 0 amide bonds. The Morgan fingerprint density at radius 1 is 1.30 bits per heavy atom. The van der Waals surface area contributed by atoms with Crippen LogP contribution in [0.25, 0.3) is 5.82 Å². The average molecular weight is 272 g/mol. The molecular formula is C16H24N4. The van der Waals surface area contributed by atoms with E-state index in [0.29, 0.717) is 5.92 Å². The van der Waals surface area contributed by atoms with Crippen LogP contribution in [0.3, 0.4) is 0 Å². The molecule has 1 N–H and O–H groups in total. The average Bonchev–Trinajstić information content (AvgIpc) is 2.85. The summed E-state index contributed by atoms with van der Waals surface area (Å²) in [6.45, 7) is 10.5. The van der Waals surface area contributed by atoms with E-state index in [1.165, 1.54) is 5.56 Å². The molecule has 4 nitrogen and oxygen atoms in total. The molecule has 2 aromatic rings. The van der Waals surface area contributed by atoms with Crippen molar-refractivity contribution in [2.75, 3.05) is 6.54 Å². The standard InChI is InChI=1S/C16H24N4/c1-5-6-17-10-14-7-15(12(2)3)19-16(8-14)20-11-13(4)9-18-20/h7-9,11-12,17H,5-6,10H2,1-4H3. The lowest BCUT2D eigenvalue weighted by molar-refractivity contribution is 0.670. The molecular weight excluding hydrogens is 248 g/mol. The van der Waals surface area contributed by atoms with E-state index in [4.69, 9.17) is 4.98 Å². The normalized spacial score (nSPS) is 11.2. The monoisotopic (exact) mass is 272 g/mol. The molecule has 0 aliphatic carbocycles. The second-order valence-electron chi connectivity index (χ2n) is 5.55. The largest absolute Gasteiger partial charge is 0.313 e. The Morgan fingerprint density at radius 2 is 2.10 bits per heavy atom. The third-order valence-corrected chi connectivity index (χ3v) is 3.19. The zero-order valence-corrected chi connectivity index (χ0v) is 12.8. The Bertz CT molecular complexity index is 557. The summed E-state index contributed by atoms with van der Waals surface area (Å²) in [5.41, 5.74) is 3.52. The van der Waals surface area contributed by atoms with Crippen molar-refractivity contribution in [1.82, 2.24) is 20.1 Å². The van der Waals surface area contributed by atoms with Crippen molar-refractivity contribution in [3.8, 4) is 5.82 Å². The van der Waals surface area contributed by atoms with Crippen molar-refractivity contribution in [1.29, 1.82) is 0 Å². The molecule has 0 aliphatic rings. The van der Waals surface area contributed by atoms with Gasteiger partial charge in [-0.3, -0.25) is 0 Å². The highest BCUT2D eigenvalue weighted by Crippen LogP contribution is 2.17. The summed E-state index contributed by atoms with van der Waals surface area (Å²) in [6, 6.07) is 4.30. The van der Waals surface area contributed by atoms with Crippen molar-refractivity contribution >= 4 is 0 Å². The SMILES string of the molecule is CCCNCc1cc(C(C)C)nc(-n2cc(C)cn2)c1. The van der Waals surface area contributed by atoms with E-state index in [1.807, 2.05) is 24.0 Å². The number of hydrogen-bond acceptors (Lipinski definition) is 3. The Balaban J connectivity index is 2.30. The number of aromatic nitrogens is 3. The molecule has 0 bridgehead atoms. The molecule has 2 rings (SSSR count). The predicted octanol–water partition coefficient (Wildman–Crippen LogP) is 3.20. The van der Waals surface area contributed by atoms with Gasteiger partial charge in [0.05, 0.1) is 6.20 Å². The van der Waals surface area contributed by atoms with Gasteiger partial charge < -0.3 is 5.32 Å². The summed E-state index contributed by atoms with van der Waals surface area (Å²) < 4.78 is 1.85. The lowest BCUT2D eigenvalue weighted by Crippen LogP contribution is -2.15. The zero-order valence-electron chi connectivity index (χ0n) is 12.8. The maximum atomic E-state index is 4.72. The van der Waals surface area contributed by atoms with Gasteiger partial charge in [-0.25, -0.2) is 9.67 Å². The zero-order chi connectivity index (χ0) is 14.5. The minimum atomic E-state index is 0.413. The molecule has 0 fully saturated rings. The predicted molar refractivity (Wildman–Crippen MR) is 82.2 cm³/mol. The van der Waals surface area contributed by atoms with E-state index in [2.05, 4.69) is 43.3 Å². The highest BCUT2D eigenvalue weighted by Gasteiger charge is 2.08. The topological polar surface area (TPSA) is 42.7 Å². The minimum absolute atomic E-state index is 0.413. The second-order valence-corrected chi connectivity index (χ2v) is 5.55. The van der Waals surface area contributed by atoms with Gasteiger partial charge in [0.25, 0.3) is 0 Å². The van der Waals surface area contributed by atoms with Crippen molar-refractivity contribution in [2.24, 2.45) is 0 Å². The molecule has 0 atom stereocenters. The summed E-state index contributed by atoms with van der Waals surface area (Å²) in [5.74, 6) is 1.31. The molecule has 4 heteroatoms. The van der Waals surface area contributed by atoms with E-state index in [0.717, 1.165) is 36.6 Å². The Labute approximate surface area is 121 Å². The number of aryl methyl sites for hydroxylation is 1. The van der Waals surface area contributed by atoms with Gasteiger partial charge in [0.2, 0.25) is 0 Å². The molecule has 2 aromatic heterocycles. The molecule has 0 aromatic carbocycles. The second kappa shape index (κ2) is 6.66. The van der Waals surface area contributed by atoms with Crippen LogP contribution >= 0.6 is 0 Å². The van der Waals surface area contributed by atoms with Gasteiger partial charge in [-0.15, -0.1) is 0 Å². The van der Waals surface area contributed by atoms with Crippen molar-refractivity contribution < 1.29 is 0 Å².